The van der Waals surface area contributed by atoms with Gasteiger partial charge in [-0.1, -0.05) is 60.7 Å². The number of carbonyl (C=O) groups is 2. The molecular weight excluding hydrogens is 753 g/mol. The van der Waals surface area contributed by atoms with E-state index in [4.69, 9.17) is 10.2 Å². The lowest BCUT2D eigenvalue weighted by Crippen LogP contribution is -2.20. The van der Waals surface area contributed by atoms with Gasteiger partial charge < -0.3 is 36.5 Å². The van der Waals surface area contributed by atoms with Crippen molar-refractivity contribution in [1.29, 1.82) is 0 Å². The fourth-order valence-electron chi connectivity index (χ4n) is 6.21. The molecule has 0 spiro atoms. The molecule has 0 aromatic heterocycles. The van der Waals surface area contributed by atoms with Crippen molar-refractivity contribution in [2.24, 2.45) is 0 Å². The molecule has 296 valence electrons. The predicted octanol–water partition coefficient (Wildman–Crippen LogP) is 2.97. The Morgan fingerprint density at radius 1 is 0.636 bits per heavy atom. The third-order valence-corrected chi connectivity index (χ3v) is 9.65. The number of benzene rings is 4. The minimum absolute atomic E-state index is 0. The number of hydrogen-bond donors (Lipinski definition) is 8. The molecule has 2 aliphatic rings. The summed E-state index contributed by atoms with van der Waals surface area (Å²) >= 11 is 0. The number of anilines is 2. The Morgan fingerprint density at radius 3 is 1.29 bits per heavy atom. The third kappa shape index (κ3) is 13.7. The molecular formula is C38H46N4O11S2. The van der Waals surface area contributed by atoms with Gasteiger partial charge in [0.15, 0.2) is 0 Å². The second-order valence-corrected chi connectivity index (χ2v) is 16.2. The third-order valence-electron chi connectivity index (χ3n) is 8.47. The maximum absolute atomic E-state index is 11.5. The van der Waals surface area contributed by atoms with E-state index in [1.807, 2.05) is 36.4 Å². The molecule has 4 aromatic carbocycles. The smallest absolute Gasteiger partial charge is 0.328 e. The van der Waals surface area contributed by atoms with Crippen LogP contribution < -0.4 is 20.1 Å². The number of aliphatic carboxylic acids is 2. The van der Waals surface area contributed by atoms with Gasteiger partial charge in [0.25, 0.3) is 0 Å². The van der Waals surface area contributed by atoms with Gasteiger partial charge >= 0.3 is 11.9 Å². The monoisotopic (exact) mass is 798 g/mol. The van der Waals surface area contributed by atoms with E-state index in [0.717, 1.165) is 73.8 Å². The van der Waals surface area contributed by atoms with E-state index in [1.165, 1.54) is 11.1 Å². The molecule has 0 amide bonds. The summed E-state index contributed by atoms with van der Waals surface area (Å²) in [5, 5.41) is 42.7. The van der Waals surface area contributed by atoms with Gasteiger partial charge in [0, 0.05) is 37.1 Å². The summed E-state index contributed by atoms with van der Waals surface area (Å²) < 4.78 is 50.8. The van der Waals surface area contributed by atoms with Crippen molar-refractivity contribution in [3.8, 4) is 11.5 Å². The first-order valence-electron chi connectivity index (χ1n) is 16.8. The number of sulfonamides is 2. The molecule has 10 N–H and O–H groups in total. The van der Waals surface area contributed by atoms with Crippen LogP contribution in [0.3, 0.4) is 0 Å². The molecule has 55 heavy (non-hydrogen) atoms. The van der Waals surface area contributed by atoms with E-state index in [-0.39, 0.29) is 40.2 Å². The molecule has 0 fully saturated rings. The van der Waals surface area contributed by atoms with Gasteiger partial charge in [-0.3, -0.25) is 9.44 Å². The normalized spacial score (nSPS) is 16.5. The average Bonchev–Trinajstić information content (AvgIpc) is 3.43. The lowest BCUT2D eigenvalue weighted by atomic mass is 9.87. The Labute approximate surface area is 320 Å². The number of fused-ring (bicyclic) bond motifs is 2. The first-order chi connectivity index (χ1) is 25.5. The van der Waals surface area contributed by atoms with Gasteiger partial charge in [-0.2, -0.15) is 0 Å². The van der Waals surface area contributed by atoms with Crippen LogP contribution in [0.5, 0.6) is 11.5 Å². The Morgan fingerprint density at radius 2 is 0.982 bits per heavy atom. The number of phenolic OH excluding ortho intramolecular Hbond substituents is 2. The lowest BCUT2D eigenvalue weighted by molar-refractivity contribution is -0.134. The number of phenols is 2. The molecule has 2 aliphatic heterocycles. The summed E-state index contributed by atoms with van der Waals surface area (Å²) in [4.78, 5) is 19.1. The lowest BCUT2D eigenvalue weighted by Gasteiger charge is -2.20. The van der Waals surface area contributed by atoms with Gasteiger partial charge in [-0.15, -0.1) is 0 Å². The summed E-state index contributed by atoms with van der Waals surface area (Å²) in [5.41, 5.74) is 6.97. The van der Waals surface area contributed by atoms with Crippen molar-refractivity contribution in [3.63, 3.8) is 0 Å². The van der Waals surface area contributed by atoms with Gasteiger partial charge in [0.05, 0.1) is 23.9 Å². The number of carboxylic acids is 2. The van der Waals surface area contributed by atoms with Crippen LogP contribution in [0.4, 0.5) is 11.4 Å². The molecule has 4 aromatic rings. The van der Waals surface area contributed by atoms with Crippen molar-refractivity contribution in [1.82, 2.24) is 10.6 Å². The maximum Gasteiger partial charge on any atom is 0.328 e. The molecule has 2 heterocycles. The van der Waals surface area contributed by atoms with Crippen LogP contribution in [0.25, 0.3) is 0 Å². The first kappa shape index (κ1) is 43.9. The Hall–Kier alpha value is -5.46. The number of aromatic hydroxyl groups is 2. The minimum atomic E-state index is -3.44. The zero-order valence-corrected chi connectivity index (χ0v) is 31.8. The Bertz CT molecular complexity index is 2030. The zero-order valence-electron chi connectivity index (χ0n) is 30.2. The van der Waals surface area contributed by atoms with E-state index in [0.29, 0.717) is 12.2 Å². The highest BCUT2D eigenvalue weighted by Gasteiger charge is 2.24. The van der Waals surface area contributed by atoms with E-state index < -0.39 is 32.0 Å². The SMILES string of the molecule is CS(=O)(=O)Nc1cc2c(cc1O)CCNCC2c1ccccc1.CS(=O)(=O)Nc1cc2c(cc1O)CCNCC2c1ccccc1.O.O=C(O)C=CC(=O)O. The van der Waals surface area contributed by atoms with Gasteiger partial charge in [-0.05, 0) is 83.6 Å². The summed E-state index contributed by atoms with van der Waals surface area (Å²) in [6.07, 6.45) is 4.87. The number of nitrogens with one attached hydrogen (secondary N) is 4. The molecule has 0 radical (unpaired) electrons. The first-order valence-corrected chi connectivity index (χ1v) is 20.6. The van der Waals surface area contributed by atoms with E-state index in [1.54, 1.807) is 24.3 Å². The molecule has 0 saturated carbocycles. The van der Waals surface area contributed by atoms with Crippen molar-refractivity contribution < 1.29 is 52.3 Å². The summed E-state index contributed by atoms with van der Waals surface area (Å²) in [7, 11) is -6.89. The van der Waals surface area contributed by atoms with Crippen molar-refractivity contribution >= 4 is 43.4 Å². The molecule has 6 rings (SSSR count). The highest BCUT2D eigenvalue weighted by molar-refractivity contribution is 7.92. The summed E-state index contributed by atoms with van der Waals surface area (Å²) in [5.74, 6) is -2.35. The topological polar surface area (TPSA) is 263 Å². The standard InChI is InChI=1S/2C17H20N2O3S.C4H4O4.H2O/c2*1-23(21,22)19-16-10-14-13(9-17(16)20)7-8-18-11-15(14)12-5-3-2-4-6-12;5-3(6)1-2-4(7)8;/h2*2-6,9-10,15,18-20H,7-8,11H2,1H3;1-2H,(H,5,6)(H,7,8);1H2. The second kappa shape index (κ2) is 19.7. The molecule has 0 saturated heterocycles. The molecule has 15 nitrogen and oxygen atoms in total. The van der Waals surface area contributed by atoms with Crippen molar-refractivity contribution in [2.75, 3.05) is 48.1 Å². The highest BCUT2D eigenvalue weighted by Crippen LogP contribution is 2.37. The van der Waals surface area contributed by atoms with E-state index in [2.05, 4.69) is 44.3 Å². The van der Waals surface area contributed by atoms with Crippen LogP contribution in [0.1, 0.15) is 45.2 Å². The van der Waals surface area contributed by atoms with Crippen molar-refractivity contribution in [2.45, 2.75) is 24.7 Å². The van der Waals surface area contributed by atoms with Crippen LogP contribution >= 0.6 is 0 Å². The molecule has 0 aliphatic carbocycles. The van der Waals surface area contributed by atoms with Gasteiger partial charge in [-0.25, -0.2) is 26.4 Å². The van der Waals surface area contributed by atoms with Crippen LogP contribution in [-0.4, -0.2) is 93.4 Å². The minimum Gasteiger partial charge on any atom is -0.506 e. The van der Waals surface area contributed by atoms with Crippen LogP contribution in [0, 0.1) is 0 Å². The highest BCUT2D eigenvalue weighted by atomic mass is 32.2. The van der Waals surface area contributed by atoms with Crippen LogP contribution in [0.15, 0.2) is 97.1 Å². The van der Waals surface area contributed by atoms with Gasteiger partial charge in [0.2, 0.25) is 20.0 Å². The fraction of sp³-hybridized carbons (Fsp3) is 0.263. The van der Waals surface area contributed by atoms with Crippen molar-refractivity contribution in [3.05, 3.63) is 130 Å². The maximum atomic E-state index is 11.5. The Kier molecular flexibility index (Phi) is 15.8. The van der Waals surface area contributed by atoms with E-state index >= 15 is 0 Å². The molecule has 17 heteroatoms. The van der Waals surface area contributed by atoms with Crippen LogP contribution in [-0.2, 0) is 42.5 Å². The zero-order chi connectivity index (χ0) is 39.5. The second-order valence-electron chi connectivity index (χ2n) is 12.7. The fourth-order valence-corrected chi connectivity index (χ4v) is 7.33. The number of rotatable bonds is 8. The summed E-state index contributed by atoms with van der Waals surface area (Å²) in [6, 6.07) is 27.1. The molecule has 2 unspecified atom stereocenters. The number of carboxylic acid groups (broad SMARTS) is 2. The summed E-state index contributed by atoms with van der Waals surface area (Å²) in [6.45, 7) is 3.21. The van der Waals surface area contributed by atoms with Crippen LogP contribution in [0.2, 0.25) is 0 Å². The molecule has 2 atom stereocenters. The van der Waals surface area contributed by atoms with E-state index in [9.17, 15) is 36.6 Å². The molecule has 0 bridgehead atoms. The number of hydrogen-bond acceptors (Lipinski definition) is 10. The Balaban J connectivity index is 0.000000244. The quantitative estimate of drug-likeness (QED) is 0.0945. The largest absolute Gasteiger partial charge is 0.506 e. The average molecular weight is 799 g/mol. The predicted molar refractivity (Wildman–Crippen MR) is 211 cm³/mol. The van der Waals surface area contributed by atoms with Gasteiger partial charge in [0.1, 0.15) is 11.5 Å².